The van der Waals surface area contributed by atoms with Crippen LogP contribution >= 0.6 is 11.8 Å². The first-order valence-corrected chi connectivity index (χ1v) is 12.3. The molecule has 2 aliphatic heterocycles. The van der Waals surface area contributed by atoms with Crippen LogP contribution in [0.3, 0.4) is 0 Å². The number of ether oxygens (including phenoxy) is 1. The number of hydrogen-bond acceptors (Lipinski definition) is 6. The molecule has 2 heterocycles. The van der Waals surface area contributed by atoms with E-state index in [2.05, 4.69) is 0 Å². The number of thioether (sulfide) groups is 1. The van der Waals surface area contributed by atoms with Crippen molar-refractivity contribution < 1.29 is 23.9 Å². The molecule has 0 aromatic heterocycles. The molecule has 0 fully saturated rings. The molecule has 0 saturated carbocycles. The third kappa shape index (κ3) is 4.15. The Labute approximate surface area is 197 Å². The average Bonchev–Trinajstić information content (AvgIpc) is 3.27. The number of benzene rings is 2. The molecular formula is C25H26N2O5S. The minimum atomic E-state index is -1.09. The smallest absolute Gasteiger partial charge is 0.330 e. The predicted octanol–water partition coefficient (Wildman–Crippen LogP) is 3.31. The summed E-state index contributed by atoms with van der Waals surface area (Å²) in [5.41, 5.74) is 2.44. The maximum absolute atomic E-state index is 13.2. The minimum absolute atomic E-state index is 0.0559. The van der Waals surface area contributed by atoms with Crippen LogP contribution in [0.5, 0.6) is 0 Å². The standard InChI is InChI=1S/C25H26N2O5S/c1-15-14-17-8-4-7-11-20(17)26(15)22(28)16(2)32-25(31)21(12-13-33-3)27-23(29)18-9-5-6-10-19(18)24(27)30/h4-11,15-16,21H,12-14H2,1-3H3/t15-,16-,21-/m1/s1. The molecule has 0 aliphatic carbocycles. The van der Waals surface area contributed by atoms with Crippen LogP contribution in [0.4, 0.5) is 5.69 Å². The predicted molar refractivity (Wildman–Crippen MR) is 126 cm³/mol. The van der Waals surface area contributed by atoms with Crippen molar-refractivity contribution in [3.8, 4) is 0 Å². The van der Waals surface area contributed by atoms with Gasteiger partial charge in [0, 0.05) is 11.7 Å². The van der Waals surface area contributed by atoms with Gasteiger partial charge in [-0.1, -0.05) is 30.3 Å². The van der Waals surface area contributed by atoms with Crippen molar-refractivity contribution in [2.75, 3.05) is 16.9 Å². The van der Waals surface area contributed by atoms with E-state index in [0.29, 0.717) is 5.75 Å². The zero-order chi connectivity index (χ0) is 23.7. The van der Waals surface area contributed by atoms with E-state index in [4.69, 9.17) is 4.74 Å². The van der Waals surface area contributed by atoms with Crippen molar-refractivity contribution in [3.63, 3.8) is 0 Å². The molecule has 0 N–H and O–H groups in total. The highest BCUT2D eigenvalue weighted by molar-refractivity contribution is 7.98. The van der Waals surface area contributed by atoms with Gasteiger partial charge < -0.3 is 9.64 Å². The van der Waals surface area contributed by atoms with Gasteiger partial charge in [-0.2, -0.15) is 11.8 Å². The third-order valence-electron chi connectivity index (χ3n) is 6.09. The van der Waals surface area contributed by atoms with Crippen molar-refractivity contribution in [1.29, 1.82) is 0 Å². The second-order valence-electron chi connectivity index (χ2n) is 8.29. The molecular weight excluding hydrogens is 440 g/mol. The Morgan fingerprint density at radius 2 is 1.67 bits per heavy atom. The van der Waals surface area contributed by atoms with E-state index >= 15 is 0 Å². The fourth-order valence-corrected chi connectivity index (χ4v) is 4.93. The van der Waals surface area contributed by atoms with Crippen LogP contribution in [0, 0.1) is 0 Å². The molecule has 7 nitrogen and oxygen atoms in total. The summed E-state index contributed by atoms with van der Waals surface area (Å²) < 4.78 is 5.57. The summed E-state index contributed by atoms with van der Waals surface area (Å²) in [7, 11) is 0. The molecule has 0 radical (unpaired) electrons. The molecule has 2 aliphatic rings. The summed E-state index contributed by atoms with van der Waals surface area (Å²) in [5, 5.41) is 0. The molecule has 0 unspecified atom stereocenters. The molecule has 33 heavy (non-hydrogen) atoms. The zero-order valence-corrected chi connectivity index (χ0v) is 19.6. The Bertz CT molecular complexity index is 1080. The number of anilines is 1. The summed E-state index contributed by atoms with van der Waals surface area (Å²) in [4.78, 5) is 54.9. The van der Waals surface area contributed by atoms with Crippen LogP contribution in [-0.2, 0) is 20.7 Å². The Kier molecular flexibility index (Phi) is 6.56. The first kappa shape index (κ1) is 23.0. The molecule has 172 valence electrons. The van der Waals surface area contributed by atoms with Gasteiger partial charge in [0.25, 0.3) is 17.7 Å². The zero-order valence-electron chi connectivity index (χ0n) is 18.8. The highest BCUT2D eigenvalue weighted by Gasteiger charge is 2.44. The molecule has 4 rings (SSSR count). The van der Waals surface area contributed by atoms with Crippen LogP contribution in [0.15, 0.2) is 48.5 Å². The van der Waals surface area contributed by atoms with Gasteiger partial charge in [0.05, 0.1) is 11.1 Å². The van der Waals surface area contributed by atoms with Gasteiger partial charge in [-0.15, -0.1) is 0 Å². The van der Waals surface area contributed by atoms with Crippen molar-refractivity contribution in [3.05, 3.63) is 65.2 Å². The quantitative estimate of drug-likeness (QED) is 0.460. The lowest BCUT2D eigenvalue weighted by Gasteiger charge is -2.28. The number of hydrogen-bond donors (Lipinski definition) is 0. The van der Waals surface area contributed by atoms with Gasteiger partial charge in [-0.3, -0.25) is 19.3 Å². The highest BCUT2D eigenvalue weighted by atomic mass is 32.2. The Morgan fingerprint density at radius 1 is 1.06 bits per heavy atom. The molecule has 0 saturated heterocycles. The average molecular weight is 467 g/mol. The van der Waals surface area contributed by atoms with E-state index in [1.807, 2.05) is 37.4 Å². The second-order valence-corrected chi connectivity index (χ2v) is 9.28. The number of imide groups is 1. The van der Waals surface area contributed by atoms with Crippen molar-refractivity contribution in [2.24, 2.45) is 0 Å². The number of carbonyl (C=O) groups excluding carboxylic acids is 4. The Hall–Kier alpha value is -3.13. The minimum Gasteiger partial charge on any atom is -0.451 e. The molecule has 0 bridgehead atoms. The highest BCUT2D eigenvalue weighted by Crippen LogP contribution is 2.33. The van der Waals surface area contributed by atoms with Gasteiger partial charge >= 0.3 is 5.97 Å². The van der Waals surface area contributed by atoms with Crippen molar-refractivity contribution in [2.45, 2.75) is 44.9 Å². The van der Waals surface area contributed by atoms with Gasteiger partial charge in [0.2, 0.25) is 0 Å². The molecule has 0 spiro atoms. The van der Waals surface area contributed by atoms with E-state index in [9.17, 15) is 19.2 Å². The summed E-state index contributed by atoms with van der Waals surface area (Å²) in [6.45, 7) is 3.48. The fourth-order valence-electron chi connectivity index (χ4n) is 4.47. The molecule has 2 aromatic rings. The Balaban J connectivity index is 1.53. The number of fused-ring (bicyclic) bond motifs is 2. The molecule has 8 heteroatoms. The van der Waals surface area contributed by atoms with E-state index in [0.717, 1.165) is 22.6 Å². The van der Waals surface area contributed by atoms with Crippen LogP contribution in [0.1, 0.15) is 46.5 Å². The molecule has 3 amide bonds. The van der Waals surface area contributed by atoms with Crippen LogP contribution in [0.25, 0.3) is 0 Å². The van der Waals surface area contributed by atoms with Gasteiger partial charge in [0.1, 0.15) is 6.04 Å². The summed E-state index contributed by atoms with van der Waals surface area (Å²) in [5.74, 6) is -1.56. The number of para-hydroxylation sites is 1. The lowest BCUT2D eigenvalue weighted by molar-refractivity contribution is -0.157. The fraction of sp³-hybridized carbons (Fsp3) is 0.360. The van der Waals surface area contributed by atoms with Gasteiger partial charge in [0.15, 0.2) is 6.10 Å². The SMILES string of the molecule is CSCC[C@H](C(=O)O[C@H](C)C(=O)N1c2ccccc2C[C@H]1C)N1C(=O)c2ccccc2C1=O. The first-order valence-electron chi connectivity index (χ1n) is 10.9. The van der Waals surface area contributed by atoms with Crippen LogP contribution < -0.4 is 4.90 Å². The van der Waals surface area contributed by atoms with Crippen LogP contribution in [0.2, 0.25) is 0 Å². The number of esters is 1. The lowest BCUT2D eigenvalue weighted by Crippen LogP contribution is -2.49. The summed E-state index contributed by atoms with van der Waals surface area (Å²) >= 11 is 1.50. The normalized spacial score (nSPS) is 18.7. The van der Waals surface area contributed by atoms with Gasteiger partial charge in [-0.05, 0) is 62.5 Å². The number of carbonyl (C=O) groups is 4. The largest absolute Gasteiger partial charge is 0.451 e. The monoisotopic (exact) mass is 466 g/mol. The van der Waals surface area contributed by atoms with Crippen molar-refractivity contribution in [1.82, 2.24) is 4.90 Å². The number of rotatable bonds is 7. The summed E-state index contributed by atoms with van der Waals surface area (Å²) in [6.07, 6.45) is 1.80. The third-order valence-corrected chi connectivity index (χ3v) is 6.73. The van der Waals surface area contributed by atoms with E-state index in [-0.39, 0.29) is 29.5 Å². The maximum Gasteiger partial charge on any atom is 0.330 e. The number of amides is 3. The second kappa shape index (κ2) is 9.39. The van der Waals surface area contributed by atoms with Gasteiger partial charge in [-0.25, -0.2) is 4.79 Å². The Morgan fingerprint density at radius 3 is 2.30 bits per heavy atom. The van der Waals surface area contributed by atoms with E-state index in [1.54, 1.807) is 29.2 Å². The van der Waals surface area contributed by atoms with E-state index < -0.39 is 29.9 Å². The molecule has 2 aromatic carbocycles. The van der Waals surface area contributed by atoms with E-state index in [1.165, 1.54) is 18.7 Å². The maximum atomic E-state index is 13.2. The number of nitrogens with zero attached hydrogens (tertiary/aromatic N) is 2. The van der Waals surface area contributed by atoms with Crippen LogP contribution in [-0.4, -0.2) is 58.8 Å². The molecule has 3 atom stereocenters. The van der Waals surface area contributed by atoms with Crippen molar-refractivity contribution >= 4 is 41.1 Å². The lowest BCUT2D eigenvalue weighted by atomic mass is 10.1. The topological polar surface area (TPSA) is 84.0 Å². The first-order chi connectivity index (χ1) is 15.8. The summed E-state index contributed by atoms with van der Waals surface area (Å²) in [6, 6.07) is 13.0.